The Balaban J connectivity index is 1.31. The average molecular weight is 507 g/mol. The molecule has 2 fully saturated rings. The predicted octanol–water partition coefficient (Wildman–Crippen LogP) is 5.04. The Morgan fingerprint density at radius 1 is 1.00 bits per heavy atom. The van der Waals surface area contributed by atoms with Gasteiger partial charge in [-0.15, -0.1) is 0 Å². The van der Waals surface area contributed by atoms with Gasteiger partial charge in [0, 0.05) is 49.6 Å². The number of benzene rings is 2. The van der Waals surface area contributed by atoms with E-state index >= 15 is 0 Å². The molecule has 2 saturated heterocycles. The topological polar surface area (TPSA) is 67.8 Å². The number of hydrogen-bond acceptors (Lipinski definition) is 6. The van der Waals surface area contributed by atoms with E-state index in [0.717, 1.165) is 36.1 Å². The predicted molar refractivity (Wildman–Crippen MR) is 134 cm³/mol. The SMILES string of the molecule is COC[C@H]1CCCN1c1ncc(-c2ccc3c(c2)C2[C@H](c4ccccc4OC(F)F)CCN2C3=O)cn1. The number of methoxy groups -OCH3 is 1. The number of carbonyl (C=O) groups is 1. The Morgan fingerprint density at radius 3 is 2.59 bits per heavy atom. The third-order valence-electron chi connectivity index (χ3n) is 7.76. The second-order valence-corrected chi connectivity index (χ2v) is 9.77. The zero-order chi connectivity index (χ0) is 25.5. The van der Waals surface area contributed by atoms with Gasteiger partial charge in [-0.05, 0) is 54.2 Å². The Hall–Kier alpha value is -3.59. The number of alkyl halides is 2. The van der Waals surface area contributed by atoms with E-state index in [1.165, 1.54) is 0 Å². The molecular weight excluding hydrogens is 478 g/mol. The monoisotopic (exact) mass is 506 g/mol. The molecule has 1 unspecified atom stereocenters. The molecule has 0 radical (unpaired) electrons. The summed E-state index contributed by atoms with van der Waals surface area (Å²) in [5.74, 6) is 0.699. The van der Waals surface area contributed by atoms with Gasteiger partial charge in [0.25, 0.3) is 5.91 Å². The number of rotatable bonds is 7. The Kier molecular flexibility index (Phi) is 6.24. The molecule has 0 spiro atoms. The third-order valence-corrected chi connectivity index (χ3v) is 7.76. The van der Waals surface area contributed by atoms with Crippen LogP contribution in [0, 0.1) is 0 Å². The number of para-hydroxylation sites is 1. The summed E-state index contributed by atoms with van der Waals surface area (Å²) in [6.45, 7) is -0.785. The molecule has 3 aliphatic rings. The maximum Gasteiger partial charge on any atom is 0.387 e. The van der Waals surface area contributed by atoms with Crippen LogP contribution < -0.4 is 9.64 Å². The fourth-order valence-electron chi connectivity index (χ4n) is 6.14. The van der Waals surface area contributed by atoms with Crippen LogP contribution in [0.25, 0.3) is 11.1 Å². The van der Waals surface area contributed by atoms with Crippen LogP contribution in [0.3, 0.4) is 0 Å². The van der Waals surface area contributed by atoms with Gasteiger partial charge in [-0.1, -0.05) is 24.3 Å². The first-order valence-electron chi connectivity index (χ1n) is 12.6. The van der Waals surface area contributed by atoms with Crippen molar-refractivity contribution in [3.8, 4) is 16.9 Å². The number of halogens is 2. The van der Waals surface area contributed by atoms with Crippen molar-refractivity contribution in [2.24, 2.45) is 0 Å². The number of amides is 1. The molecule has 3 aliphatic heterocycles. The maximum atomic E-state index is 13.2. The van der Waals surface area contributed by atoms with Crippen molar-refractivity contribution in [2.45, 2.75) is 43.9 Å². The quantitative estimate of drug-likeness (QED) is 0.447. The highest BCUT2D eigenvalue weighted by molar-refractivity contribution is 6.00. The van der Waals surface area contributed by atoms with Crippen LogP contribution in [-0.4, -0.2) is 60.2 Å². The average Bonchev–Trinajstić information content (AvgIpc) is 3.61. The van der Waals surface area contributed by atoms with Gasteiger partial charge < -0.3 is 19.3 Å². The standard InChI is InChI=1S/C28H28F2N4O3/c1-36-16-19-5-4-11-33(19)28-31-14-18(15-32-28)17-8-9-22-23(13-17)25-21(10-12-34(25)26(22)35)20-6-2-3-7-24(20)37-27(29)30/h2-3,6-9,13-15,19,21,25,27H,4-5,10-12,16H2,1H3/t19-,21+,25?/m1/s1. The van der Waals surface area contributed by atoms with Crippen LogP contribution in [0.2, 0.25) is 0 Å². The first kappa shape index (κ1) is 23.8. The number of hydrogen-bond donors (Lipinski definition) is 0. The van der Waals surface area contributed by atoms with E-state index in [0.29, 0.717) is 36.6 Å². The highest BCUT2D eigenvalue weighted by Gasteiger charge is 2.46. The van der Waals surface area contributed by atoms with E-state index in [-0.39, 0.29) is 29.7 Å². The fraction of sp³-hybridized carbons (Fsp3) is 0.393. The lowest BCUT2D eigenvalue weighted by Crippen LogP contribution is -2.34. The van der Waals surface area contributed by atoms with Gasteiger partial charge in [-0.2, -0.15) is 8.78 Å². The first-order chi connectivity index (χ1) is 18.0. The summed E-state index contributed by atoms with van der Waals surface area (Å²) in [6, 6.07) is 12.7. The number of carbonyl (C=O) groups excluding carboxylic acids is 1. The molecule has 37 heavy (non-hydrogen) atoms. The van der Waals surface area contributed by atoms with E-state index in [2.05, 4.69) is 14.9 Å². The lowest BCUT2D eigenvalue weighted by molar-refractivity contribution is -0.0507. The van der Waals surface area contributed by atoms with Crippen LogP contribution in [0.15, 0.2) is 54.9 Å². The molecule has 6 rings (SSSR count). The van der Waals surface area contributed by atoms with Crippen LogP contribution in [0.5, 0.6) is 5.75 Å². The van der Waals surface area contributed by atoms with Crippen molar-refractivity contribution in [2.75, 3.05) is 31.7 Å². The van der Waals surface area contributed by atoms with Gasteiger partial charge in [-0.25, -0.2) is 9.97 Å². The van der Waals surface area contributed by atoms with Crippen molar-refractivity contribution in [3.05, 3.63) is 71.5 Å². The van der Waals surface area contributed by atoms with E-state index in [1.807, 2.05) is 47.6 Å². The zero-order valence-corrected chi connectivity index (χ0v) is 20.5. The molecular formula is C28H28F2N4O3. The summed E-state index contributed by atoms with van der Waals surface area (Å²) in [4.78, 5) is 26.5. The fourth-order valence-corrected chi connectivity index (χ4v) is 6.14. The zero-order valence-electron chi connectivity index (χ0n) is 20.5. The molecule has 2 aromatic carbocycles. The van der Waals surface area contributed by atoms with Gasteiger partial charge in [0.1, 0.15) is 5.75 Å². The molecule has 4 heterocycles. The molecule has 0 bridgehead atoms. The lowest BCUT2D eigenvalue weighted by Gasteiger charge is -2.24. The van der Waals surface area contributed by atoms with Crippen molar-refractivity contribution >= 4 is 11.9 Å². The number of nitrogens with zero attached hydrogens (tertiary/aromatic N) is 4. The maximum absolute atomic E-state index is 13.2. The number of anilines is 1. The number of ether oxygens (including phenoxy) is 2. The third kappa shape index (κ3) is 4.21. The minimum atomic E-state index is -2.91. The molecule has 192 valence electrons. The van der Waals surface area contributed by atoms with Crippen LogP contribution in [0.4, 0.5) is 14.7 Å². The Morgan fingerprint density at radius 2 is 1.81 bits per heavy atom. The van der Waals surface area contributed by atoms with Crippen molar-refractivity contribution < 1.29 is 23.0 Å². The van der Waals surface area contributed by atoms with Crippen LogP contribution in [-0.2, 0) is 4.74 Å². The van der Waals surface area contributed by atoms with E-state index in [9.17, 15) is 13.6 Å². The molecule has 1 amide bonds. The smallest absolute Gasteiger partial charge is 0.387 e. The summed E-state index contributed by atoms with van der Waals surface area (Å²) >= 11 is 0. The highest BCUT2D eigenvalue weighted by Crippen LogP contribution is 2.51. The molecule has 3 aromatic rings. The van der Waals surface area contributed by atoms with Crippen molar-refractivity contribution in [3.63, 3.8) is 0 Å². The summed E-state index contributed by atoms with van der Waals surface area (Å²) in [5.41, 5.74) is 4.03. The number of fused-ring (bicyclic) bond motifs is 3. The largest absolute Gasteiger partial charge is 0.435 e. The van der Waals surface area contributed by atoms with Gasteiger partial charge in [-0.3, -0.25) is 4.79 Å². The van der Waals surface area contributed by atoms with Gasteiger partial charge in [0.15, 0.2) is 0 Å². The summed E-state index contributed by atoms with van der Waals surface area (Å²) in [6.07, 6.45) is 6.46. The van der Waals surface area contributed by atoms with Crippen molar-refractivity contribution in [1.82, 2.24) is 14.9 Å². The molecule has 0 saturated carbocycles. The van der Waals surface area contributed by atoms with Crippen LogP contribution in [0.1, 0.15) is 52.7 Å². The molecule has 0 aliphatic carbocycles. The molecule has 1 aromatic heterocycles. The van der Waals surface area contributed by atoms with Gasteiger partial charge in [0.2, 0.25) is 5.95 Å². The summed E-state index contributed by atoms with van der Waals surface area (Å²) < 4.78 is 36.3. The van der Waals surface area contributed by atoms with E-state index in [4.69, 9.17) is 9.47 Å². The summed E-state index contributed by atoms with van der Waals surface area (Å²) in [7, 11) is 1.71. The van der Waals surface area contributed by atoms with Gasteiger partial charge in [0.05, 0.1) is 18.7 Å². The second-order valence-electron chi connectivity index (χ2n) is 9.77. The van der Waals surface area contributed by atoms with Crippen molar-refractivity contribution in [1.29, 1.82) is 0 Å². The normalized spacial score (nSPS) is 22.6. The summed E-state index contributed by atoms with van der Waals surface area (Å²) in [5, 5.41) is 0. The lowest BCUT2D eigenvalue weighted by atomic mass is 9.86. The molecule has 9 heteroatoms. The van der Waals surface area contributed by atoms with Crippen LogP contribution >= 0.6 is 0 Å². The highest BCUT2D eigenvalue weighted by atomic mass is 19.3. The Labute approximate surface area is 214 Å². The first-order valence-corrected chi connectivity index (χ1v) is 12.6. The minimum absolute atomic E-state index is 0.0221. The van der Waals surface area contributed by atoms with Gasteiger partial charge >= 0.3 is 6.61 Å². The molecule has 3 atom stereocenters. The number of aromatic nitrogens is 2. The second kappa shape index (κ2) is 9.70. The van der Waals surface area contributed by atoms with E-state index < -0.39 is 6.61 Å². The molecule has 7 nitrogen and oxygen atoms in total. The Bertz CT molecular complexity index is 1300. The molecule has 0 N–H and O–H groups in total. The van der Waals surface area contributed by atoms with E-state index in [1.54, 1.807) is 19.2 Å². The minimum Gasteiger partial charge on any atom is -0.435 e.